The molecule has 0 radical (unpaired) electrons. The second kappa shape index (κ2) is 3.06. The van der Waals surface area contributed by atoms with Crippen molar-refractivity contribution in [3.8, 4) is 0 Å². The Morgan fingerprint density at radius 2 is 1.90 bits per heavy atom. The van der Waals surface area contributed by atoms with Gasteiger partial charge in [-0.05, 0) is 12.8 Å². The van der Waals surface area contributed by atoms with Crippen molar-refractivity contribution in [1.29, 1.82) is 0 Å². The van der Waals surface area contributed by atoms with E-state index in [0.29, 0.717) is 5.66 Å². The first kappa shape index (κ1) is 8.29. The van der Waals surface area contributed by atoms with Gasteiger partial charge in [0.15, 0.2) is 0 Å². The van der Waals surface area contributed by atoms with E-state index in [4.69, 9.17) is 4.52 Å². The number of hydrogen-bond donors (Lipinski definition) is 0. The second-order valence-corrected chi connectivity index (χ2v) is 5.94. The quantitative estimate of drug-likeness (QED) is 0.583. The van der Waals surface area contributed by atoms with Gasteiger partial charge in [0.25, 0.3) is 0 Å². The van der Waals surface area contributed by atoms with Crippen LogP contribution in [-0.2, 0) is 9.09 Å². The fraction of sp³-hybridized carbons (Fsp3) is 1.00. The van der Waals surface area contributed by atoms with Crippen molar-refractivity contribution in [3.05, 3.63) is 0 Å². The minimum Gasteiger partial charge on any atom is -0.332 e. The monoisotopic (exact) mass is 162 g/mol. The number of hydrogen-bond acceptors (Lipinski definition) is 2. The van der Waals surface area contributed by atoms with Gasteiger partial charge in [0.2, 0.25) is 7.37 Å². The lowest BCUT2D eigenvalue weighted by Crippen LogP contribution is -2.02. The van der Waals surface area contributed by atoms with E-state index in [1.165, 1.54) is 12.8 Å². The van der Waals surface area contributed by atoms with Gasteiger partial charge in [0.1, 0.15) is 0 Å². The Bertz CT molecular complexity index is 150. The van der Waals surface area contributed by atoms with E-state index >= 15 is 0 Å². The Hall–Kier alpha value is 0.190. The van der Waals surface area contributed by atoms with Crippen molar-refractivity contribution in [1.82, 2.24) is 0 Å². The summed E-state index contributed by atoms with van der Waals surface area (Å²) in [4.78, 5) is 0. The van der Waals surface area contributed by atoms with Crippen LogP contribution < -0.4 is 0 Å². The molecule has 1 fully saturated rings. The molecule has 60 valence electrons. The highest BCUT2D eigenvalue weighted by atomic mass is 31.2. The highest BCUT2D eigenvalue weighted by molar-refractivity contribution is 7.58. The molecule has 3 heteroatoms. The molecule has 1 saturated carbocycles. The van der Waals surface area contributed by atoms with Crippen LogP contribution in [0.1, 0.15) is 25.7 Å². The fourth-order valence-corrected chi connectivity index (χ4v) is 3.12. The predicted molar refractivity (Wildman–Crippen MR) is 42.8 cm³/mol. The molecule has 1 aliphatic carbocycles. The molecule has 0 saturated heterocycles. The van der Waals surface area contributed by atoms with Gasteiger partial charge >= 0.3 is 0 Å². The van der Waals surface area contributed by atoms with E-state index < -0.39 is 7.37 Å². The molecular formula is C7H15O2P. The third-order valence-corrected chi connectivity index (χ3v) is 4.92. The van der Waals surface area contributed by atoms with Crippen LogP contribution in [0.3, 0.4) is 0 Å². The van der Waals surface area contributed by atoms with Crippen molar-refractivity contribution < 1.29 is 9.09 Å². The van der Waals surface area contributed by atoms with Crippen molar-refractivity contribution in [2.75, 3.05) is 13.8 Å². The van der Waals surface area contributed by atoms with E-state index in [1.807, 2.05) is 0 Å². The van der Waals surface area contributed by atoms with Crippen LogP contribution in [0.5, 0.6) is 0 Å². The highest BCUT2D eigenvalue weighted by Crippen LogP contribution is 2.53. The molecule has 1 atom stereocenters. The van der Waals surface area contributed by atoms with Crippen LogP contribution >= 0.6 is 7.37 Å². The van der Waals surface area contributed by atoms with Crippen molar-refractivity contribution >= 4 is 7.37 Å². The maximum absolute atomic E-state index is 11.6. The van der Waals surface area contributed by atoms with Gasteiger partial charge in [-0.1, -0.05) is 12.8 Å². The van der Waals surface area contributed by atoms with E-state index in [-0.39, 0.29) is 0 Å². The van der Waals surface area contributed by atoms with Crippen LogP contribution in [0, 0.1) is 0 Å². The summed E-state index contributed by atoms with van der Waals surface area (Å²) >= 11 is 0. The Balaban J connectivity index is 2.54. The van der Waals surface area contributed by atoms with E-state index in [1.54, 1.807) is 13.8 Å². The lowest BCUT2D eigenvalue weighted by Gasteiger charge is -2.16. The van der Waals surface area contributed by atoms with Gasteiger partial charge in [0.05, 0.1) is 0 Å². The molecule has 0 aliphatic heterocycles. The minimum absolute atomic E-state index is 0.359. The zero-order valence-corrected chi connectivity index (χ0v) is 7.56. The second-order valence-electron chi connectivity index (χ2n) is 3.03. The summed E-state index contributed by atoms with van der Waals surface area (Å²) in [6.07, 6.45) is 4.65. The predicted octanol–water partition coefficient (Wildman–Crippen LogP) is 2.48. The third-order valence-electron chi connectivity index (χ3n) is 2.35. The molecule has 0 amide bonds. The molecule has 1 rings (SSSR count). The molecule has 0 aromatic rings. The molecule has 10 heavy (non-hydrogen) atoms. The molecule has 0 heterocycles. The Morgan fingerprint density at radius 3 is 2.30 bits per heavy atom. The van der Waals surface area contributed by atoms with Crippen molar-refractivity contribution in [2.45, 2.75) is 31.3 Å². The fourth-order valence-electron chi connectivity index (χ4n) is 1.52. The molecule has 0 aromatic heterocycles. The molecule has 0 N–H and O–H groups in total. The van der Waals surface area contributed by atoms with Gasteiger partial charge in [-0.15, -0.1) is 0 Å². The molecule has 0 bridgehead atoms. The summed E-state index contributed by atoms with van der Waals surface area (Å²) in [5.41, 5.74) is 0.359. The third kappa shape index (κ3) is 1.62. The Labute approximate surface area is 62.4 Å². The summed E-state index contributed by atoms with van der Waals surface area (Å²) in [5, 5.41) is 0. The van der Waals surface area contributed by atoms with E-state index in [9.17, 15) is 4.57 Å². The van der Waals surface area contributed by atoms with Gasteiger partial charge < -0.3 is 4.52 Å². The molecule has 0 aromatic carbocycles. The van der Waals surface area contributed by atoms with Crippen LogP contribution in [0.25, 0.3) is 0 Å². The van der Waals surface area contributed by atoms with Crippen LogP contribution in [0.4, 0.5) is 0 Å². The zero-order valence-electron chi connectivity index (χ0n) is 6.67. The Kier molecular flexibility index (Phi) is 2.54. The largest absolute Gasteiger partial charge is 0.332 e. The zero-order chi connectivity index (χ0) is 7.61. The first-order chi connectivity index (χ1) is 4.67. The average molecular weight is 162 g/mol. The van der Waals surface area contributed by atoms with Gasteiger partial charge in [-0.2, -0.15) is 0 Å². The topological polar surface area (TPSA) is 26.3 Å². The maximum Gasteiger partial charge on any atom is 0.202 e. The van der Waals surface area contributed by atoms with Crippen LogP contribution in [0.15, 0.2) is 0 Å². The van der Waals surface area contributed by atoms with Gasteiger partial charge in [-0.3, -0.25) is 4.57 Å². The first-order valence-electron chi connectivity index (χ1n) is 3.80. The lowest BCUT2D eigenvalue weighted by atomic mass is 10.4. The van der Waals surface area contributed by atoms with E-state index in [0.717, 1.165) is 12.8 Å². The van der Waals surface area contributed by atoms with Gasteiger partial charge in [-0.25, -0.2) is 0 Å². The minimum atomic E-state index is -2.22. The molecule has 0 spiro atoms. The summed E-state index contributed by atoms with van der Waals surface area (Å²) < 4.78 is 16.5. The SMILES string of the molecule is COP(C)(=O)C1CCCC1. The smallest absolute Gasteiger partial charge is 0.202 e. The standard InChI is InChI=1S/C7H15O2P/c1-9-10(2,8)7-5-3-4-6-7/h7H,3-6H2,1-2H3. The lowest BCUT2D eigenvalue weighted by molar-refractivity contribution is 0.388. The Morgan fingerprint density at radius 1 is 1.40 bits per heavy atom. The molecule has 2 nitrogen and oxygen atoms in total. The first-order valence-corrected chi connectivity index (χ1v) is 5.94. The maximum atomic E-state index is 11.6. The average Bonchev–Trinajstić information content (AvgIpc) is 2.38. The van der Waals surface area contributed by atoms with E-state index in [2.05, 4.69) is 0 Å². The molecular weight excluding hydrogens is 147 g/mol. The highest BCUT2D eigenvalue weighted by Gasteiger charge is 2.30. The molecule has 1 unspecified atom stereocenters. The van der Waals surface area contributed by atoms with Crippen molar-refractivity contribution in [3.63, 3.8) is 0 Å². The molecule has 1 aliphatic rings. The summed E-state index contributed by atoms with van der Waals surface area (Å²) in [5.74, 6) is 0. The van der Waals surface area contributed by atoms with Gasteiger partial charge in [0, 0.05) is 19.4 Å². The van der Waals surface area contributed by atoms with Crippen LogP contribution in [0.2, 0.25) is 0 Å². The van der Waals surface area contributed by atoms with Crippen molar-refractivity contribution in [2.24, 2.45) is 0 Å². The summed E-state index contributed by atoms with van der Waals surface area (Å²) in [6.45, 7) is 1.75. The summed E-state index contributed by atoms with van der Waals surface area (Å²) in [7, 11) is -0.666. The van der Waals surface area contributed by atoms with Crippen LogP contribution in [-0.4, -0.2) is 19.4 Å². The number of rotatable bonds is 2. The normalized spacial score (nSPS) is 26.6. The summed E-state index contributed by atoms with van der Waals surface area (Å²) in [6, 6.07) is 0.